The zero-order valence-electron chi connectivity index (χ0n) is 11.3. The van der Waals surface area contributed by atoms with E-state index in [9.17, 15) is 4.79 Å². The van der Waals surface area contributed by atoms with E-state index >= 15 is 0 Å². The molecule has 0 bridgehead atoms. The fraction of sp³-hybridized carbons (Fsp3) is 0.0667. The van der Waals surface area contributed by atoms with Crippen LogP contribution in [0, 0.1) is 11.3 Å². The number of amides is 1. The molecule has 0 heterocycles. The molecule has 4 N–H and O–H groups in total. The van der Waals surface area contributed by atoms with Crippen LogP contribution in [0.1, 0.15) is 15.9 Å². The van der Waals surface area contributed by atoms with Crippen molar-refractivity contribution in [3.63, 3.8) is 0 Å². The van der Waals surface area contributed by atoms with Crippen LogP contribution in [0.15, 0.2) is 36.4 Å². The Kier molecular flexibility index (Phi) is 3.95. The van der Waals surface area contributed by atoms with Gasteiger partial charge in [-0.2, -0.15) is 5.26 Å². The Hall–Kier alpha value is -3.20. The Morgan fingerprint density at radius 3 is 2.52 bits per heavy atom. The molecule has 0 radical (unpaired) electrons. The number of carbonyl (C=O) groups is 1. The molecular formula is C15H13N3O3. The number of ether oxygens (including phenoxy) is 2. The van der Waals surface area contributed by atoms with Crippen molar-refractivity contribution >= 4 is 11.6 Å². The minimum absolute atomic E-state index is 0.318. The molecule has 0 unspecified atom stereocenters. The Bertz CT molecular complexity index is 735. The fourth-order valence-electron chi connectivity index (χ4n) is 1.74. The number of nitrogens with two attached hydrogens (primary N) is 2. The summed E-state index contributed by atoms with van der Waals surface area (Å²) in [5.41, 5.74) is 11.9. The molecule has 1 amide bonds. The topological polar surface area (TPSA) is 111 Å². The van der Waals surface area contributed by atoms with Crippen molar-refractivity contribution in [1.29, 1.82) is 5.26 Å². The molecule has 0 saturated carbocycles. The minimum atomic E-state index is -0.553. The van der Waals surface area contributed by atoms with Crippen LogP contribution in [-0.4, -0.2) is 13.0 Å². The predicted molar refractivity (Wildman–Crippen MR) is 77.2 cm³/mol. The zero-order valence-corrected chi connectivity index (χ0v) is 11.3. The average Bonchev–Trinajstić information content (AvgIpc) is 2.47. The van der Waals surface area contributed by atoms with Crippen molar-refractivity contribution in [2.45, 2.75) is 0 Å². The Balaban J connectivity index is 2.33. The van der Waals surface area contributed by atoms with Crippen LogP contribution in [0.4, 0.5) is 5.69 Å². The third kappa shape index (κ3) is 3.04. The summed E-state index contributed by atoms with van der Waals surface area (Å²) in [5.74, 6) is 0.680. The summed E-state index contributed by atoms with van der Waals surface area (Å²) in [6, 6.07) is 11.3. The third-order valence-corrected chi connectivity index (χ3v) is 2.82. The van der Waals surface area contributed by atoms with Crippen molar-refractivity contribution in [2.75, 3.05) is 12.8 Å². The molecule has 0 aromatic heterocycles. The molecule has 6 nitrogen and oxygen atoms in total. The highest BCUT2D eigenvalue weighted by atomic mass is 16.5. The Labute approximate surface area is 121 Å². The number of hydrogen-bond acceptors (Lipinski definition) is 5. The molecule has 0 aliphatic carbocycles. The molecule has 2 rings (SSSR count). The number of carbonyl (C=O) groups excluding carboxylic acids is 1. The highest BCUT2D eigenvalue weighted by Crippen LogP contribution is 2.33. The first-order valence-corrected chi connectivity index (χ1v) is 6.00. The fourth-order valence-corrected chi connectivity index (χ4v) is 1.74. The molecule has 6 heteroatoms. The molecule has 0 saturated heterocycles. The third-order valence-electron chi connectivity index (χ3n) is 2.82. The lowest BCUT2D eigenvalue weighted by atomic mass is 10.2. The number of hydrogen-bond donors (Lipinski definition) is 2. The predicted octanol–water partition coefficient (Wildman–Crippen LogP) is 2.04. The maximum atomic E-state index is 11.1. The zero-order chi connectivity index (χ0) is 15.4. The summed E-state index contributed by atoms with van der Waals surface area (Å²) in [6.45, 7) is 0. The average molecular weight is 283 g/mol. The second-order valence-corrected chi connectivity index (χ2v) is 4.19. The number of nitrogen functional groups attached to an aromatic ring is 1. The van der Waals surface area contributed by atoms with Gasteiger partial charge in [0.25, 0.3) is 0 Å². The van der Waals surface area contributed by atoms with Crippen LogP contribution in [0.3, 0.4) is 0 Å². The van der Waals surface area contributed by atoms with Gasteiger partial charge in [0, 0.05) is 11.6 Å². The van der Waals surface area contributed by atoms with Crippen LogP contribution in [-0.2, 0) is 0 Å². The SMILES string of the molecule is COc1cc(C(N)=O)ccc1Oc1ccc(C#N)c(N)c1. The first-order chi connectivity index (χ1) is 10.0. The normalized spacial score (nSPS) is 9.71. The van der Waals surface area contributed by atoms with Gasteiger partial charge in [0.15, 0.2) is 11.5 Å². The van der Waals surface area contributed by atoms with Crippen LogP contribution in [0.2, 0.25) is 0 Å². The van der Waals surface area contributed by atoms with Crippen molar-refractivity contribution in [3.05, 3.63) is 47.5 Å². The lowest BCUT2D eigenvalue weighted by molar-refractivity contribution is 0.1000. The summed E-state index contributed by atoms with van der Waals surface area (Å²) >= 11 is 0. The van der Waals surface area contributed by atoms with E-state index in [-0.39, 0.29) is 0 Å². The molecule has 0 fully saturated rings. The number of benzene rings is 2. The molecular weight excluding hydrogens is 270 g/mol. The quantitative estimate of drug-likeness (QED) is 0.834. The molecule has 0 aliphatic heterocycles. The first kappa shape index (κ1) is 14.2. The minimum Gasteiger partial charge on any atom is -0.493 e. The maximum absolute atomic E-state index is 11.1. The van der Waals surface area contributed by atoms with E-state index in [2.05, 4.69) is 0 Å². The largest absolute Gasteiger partial charge is 0.493 e. The second kappa shape index (κ2) is 5.84. The molecule has 0 spiro atoms. The van der Waals surface area contributed by atoms with E-state index in [4.69, 9.17) is 26.2 Å². The van der Waals surface area contributed by atoms with E-state index < -0.39 is 5.91 Å². The van der Waals surface area contributed by atoms with Crippen molar-refractivity contribution in [3.8, 4) is 23.3 Å². The van der Waals surface area contributed by atoms with Gasteiger partial charge in [-0.25, -0.2) is 0 Å². The molecule has 0 aliphatic rings. The maximum Gasteiger partial charge on any atom is 0.248 e. The van der Waals surface area contributed by atoms with Crippen molar-refractivity contribution in [1.82, 2.24) is 0 Å². The van der Waals surface area contributed by atoms with E-state index in [0.717, 1.165) is 0 Å². The van der Waals surface area contributed by atoms with E-state index in [1.807, 2.05) is 6.07 Å². The standard InChI is InChI=1S/C15H13N3O3/c1-20-14-6-9(15(18)19)3-5-13(14)21-11-4-2-10(8-16)12(17)7-11/h2-7H,17H2,1H3,(H2,18,19). The van der Waals surface area contributed by atoms with Crippen molar-refractivity contribution < 1.29 is 14.3 Å². The lowest BCUT2D eigenvalue weighted by Crippen LogP contribution is -2.10. The number of anilines is 1. The smallest absolute Gasteiger partial charge is 0.248 e. The van der Waals surface area contributed by atoms with Gasteiger partial charge in [-0.3, -0.25) is 4.79 Å². The van der Waals surface area contributed by atoms with Gasteiger partial charge in [-0.1, -0.05) is 0 Å². The van der Waals surface area contributed by atoms with Gasteiger partial charge in [0.2, 0.25) is 5.91 Å². The highest BCUT2D eigenvalue weighted by molar-refractivity contribution is 5.93. The number of rotatable bonds is 4. The number of methoxy groups -OCH3 is 1. The van der Waals surface area contributed by atoms with Gasteiger partial charge >= 0.3 is 0 Å². The van der Waals surface area contributed by atoms with E-state index in [1.165, 1.54) is 19.2 Å². The monoisotopic (exact) mass is 283 g/mol. The molecule has 0 atom stereocenters. The lowest BCUT2D eigenvalue weighted by Gasteiger charge is -2.11. The van der Waals surface area contributed by atoms with E-state index in [0.29, 0.717) is 34.1 Å². The summed E-state index contributed by atoms with van der Waals surface area (Å²) in [4.78, 5) is 11.1. The van der Waals surface area contributed by atoms with Crippen LogP contribution < -0.4 is 20.9 Å². The number of primary amides is 1. The Morgan fingerprint density at radius 2 is 1.95 bits per heavy atom. The first-order valence-electron chi connectivity index (χ1n) is 6.00. The second-order valence-electron chi connectivity index (χ2n) is 4.19. The van der Waals surface area contributed by atoms with Crippen LogP contribution in [0.5, 0.6) is 17.2 Å². The molecule has 21 heavy (non-hydrogen) atoms. The van der Waals surface area contributed by atoms with Gasteiger partial charge in [-0.05, 0) is 30.3 Å². The van der Waals surface area contributed by atoms with Crippen LogP contribution >= 0.6 is 0 Å². The highest BCUT2D eigenvalue weighted by Gasteiger charge is 2.10. The summed E-state index contributed by atoms with van der Waals surface area (Å²) < 4.78 is 10.8. The summed E-state index contributed by atoms with van der Waals surface area (Å²) in [5, 5.41) is 8.83. The molecule has 2 aromatic rings. The summed E-state index contributed by atoms with van der Waals surface area (Å²) in [6.07, 6.45) is 0. The van der Waals surface area contributed by atoms with Gasteiger partial charge in [0.05, 0.1) is 18.4 Å². The number of nitriles is 1. The molecule has 2 aromatic carbocycles. The molecule has 106 valence electrons. The van der Waals surface area contributed by atoms with Crippen LogP contribution in [0.25, 0.3) is 0 Å². The van der Waals surface area contributed by atoms with E-state index in [1.54, 1.807) is 24.3 Å². The summed E-state index contributed by atoms with van der Waals surface area (Å²) in [7, 11) is 1.46. The van der Waals surface area contributed by atoms with Gasteiger partial charge in [-0.15, -0.1) is 0 Å². The van der Waals surface area contributed by atoms with Gasteiger partial charge < -0.3 is 20.9 Å². The van der Waals surface area contributed by atoms with Crippen molar-refractivity contribution in [2.24, 2.45) is 5.73 Å². The van der Waals surface area contributed by atoms with Gasteiger partial charge in [0.1, 0.15) is 11.8 Å². The Morgan fingerprint density at radius 1 is 1.19 bits per heavy atom. The number of nitrogens with zero attached hydrogens (tertiary/aromatic N) is 1.